The monoisotopic (exact) mass is 385 g/mol. The molecule has 0 unspecified atom stereocenters. The Morgan fingerprint density at radius 3 is 2.69 bits per heavy atom. The highest BCUT2D eigenvalue weighted by Crippen LogP contribution is 2.26. The van der Waals surface area contributed by atoms with Crippen molar-refractivity contribution in [2.24, 2.45) is 7.05 Å². The highest BCUT2D eigenvalue weighted by atomic mass is 35.5. The van der Waals surface area contributed by atoms with Gasteiger partial charge in [-0.25, -0.2) is 4.98 Å². The number of aryl methyl sites for hydroxylation is 2. The number of carbonyl (C=O) groups excluding carboxylic acids is 1. The summed E-state index contributed by atoms with van der Waals surface area (Å²) in [6.45, 7) is 1.78. The first-order valence-corrected chi connectivity index (χ1v) is 8.53. The van der Waals surface area contributed by atoms with E-state index in [1.807, 2.05) is 13.2 Å². The van der Waals surface area contributed by atoms with Gasteiger partial charge in [0.2, 0.25) is 5.78 Å². The van der Waals surface area contributed by atoms with E-state index in [2.05, 4.69) is 15.1 Å². The van der Waals surface area contributed by atoms with Crippen molar-refractivity contribution in [1.29, 1.82) is 0 Å². The molecule has 4 rings (SSSR count). The second-order valence-electron chi connectivity index (χ2n) is 5.90. The molecule has 3 heterocycles. The lowest BCUT2D eigenvalue weighted by Crippen LogP contribution is -2.08. The molecule has 3 aromatic heterocycles. The number of nitrogens with zero attached hydrogens (tertiary/aromatic N) is 5. The number of benzene rings is 1. The summed E-state index contributed by atoms with van der Waals surface area (Å²) < 4.78 is 3.42. The minimum Gasteiger partial charge on any atom is -0.293 e. The summed E-state index contributed by atoms with van der Waals surface area (Å²) in [5.74, 6) is -0.245. The van der Waals surface area contributed by atoms with Crippen LogP contribution in [0.25, 0.3) is 16.9 Å². The fraction of sp³-hybridized carbons (Fsp3) is 0.111. The van der Waals surface area contributed by atoms with Crippen molar-refractivity contribution in [2.75, 3.05) is 0 Å². The van der Waals surface area contributed by atoms with Crippen LogP contribution in [0.2, 0.25) is 10.0 Å². The molecule has 0 bridgehead atoms. The normalized spacial score (nSPS) is 11.2. The van der Waals surface area contributed by atoms with Crippen molar-refractivity contribution < 1.29 is 4.79 Å². The fourth-order valence-electron chi connectivity index (χ4n) is 2.85. The summed E-state index contributed by atoms with van der Waals surface area (Å²) in [6, 6.07) is 4.82. The first-order chi connectivity index (χ1) is 12.4. The molecule has 6 nitrogen and oxygen atoms in total. The molecule has 130 valence electrons. The van der Waals surface area contributed by atoms with Crippen LogP contribution in [-0.2, 0) is 7.05 Å². The van der Waals surface area contributed by atoms with Crippen molar-refractivity contribution in [3.63, 3.8) is 0 Å². The number of imidazole rings is 1. The second kappa shape index (κ2) is 6.23. The largest absolute Gasteiger partial charge is 0.293 e. The van der Waals surface area contributed by atoms with E-state index >= 15 is 0 Å². The lowest BCUT2D eigenvalue weighted by atomic mass is 10.1. The molecule has 0 saturated heterocycles. The third-order valence-corrected chi connectivity index (χ3v) is 4.64. The van der Waals surface area contributed by atoms with Crippen molar-refractivity contribution in [3.05, 3.63) is 70.0 Å². The van der Waals surface area contributed by atoms with E-state index in [4.69, 9.17) is 23.2 Å². The number of halogens is 2. The molecule has 0 fully saturated rings. The van der Waals surface area contributed by atoms with E-state index in [1.165, 1.54) is 0 Å². The quantitative estimate of drug-likeness (QED) is 0.500. The number of fused-ring (bicyclic) bond motifs is 1. The maximum Gasteiger partial charge on any atom is 0.213 e. The predicted octanol–water partition coefficient (Wildman–Crippen LogP) is 3.98. The SMILES string of the molecule is Cc1nc2cnc(-c3cnn(C)c3)cn2c1C(=O)c1cc(Cl)ccc1Cl. The van der Waals surface area contributed by atoms with E-state index in [0.29, 0.717) is 38.3 Å². The zero-order chi connectivity index (χ0) is 18.4. The number of hydrogen-bond acceptors (Lipinski definition) is 4. The van der Waals surface area contributed by atoms with Crippen LogP contribution in [-0.4, -0.2) is 29.9 Å². The molecule has 0 aliphatic heterocycles. The van der Waals surface area contributed by atoms with Crippen LogP contribution in [0.3, 0.4) is 0 Å². The first-order valence-electron chi connectivity index (χ1n) is 7.77. The summed E-state index contributed by atoms with van der Waals surface area (Å²) in [4.78, 5) is 22.0. The standard InChI is InChI=1S/C18H13Cl2N5O/c1-10-17(18(26)13-5-12(19)3-4-14(13)20)25-9-15(21-7-16(25)23-10)11-6-22-24(2)8-11/h3-9H,1-2H3. The van der Waals surface area contributed by atoms with Gasteiger partial charge >= 0.3 is 0 Å². The molecule has 0 amide bonds. The van der Waals surface area contributed by atoms with Crippen molar-refractivity contribution in [3.8, 4) is 11.3 Å². The molecule has 8 heteroatoms. The van der Waals surface area contributed by atoms with Crippen LogP contribution in [0.1, 0.15) is 21.7 Å². The molecule has 0 atom stereocenters. The third kappa shape index (κ3) is 2.77. The summed E-state index contributed by atoms with van der Waals surface area (Å²) in [7, 11) is 1.83. The Morgan fingerprint density at radius 2 is 1.96 bits per heavy atom. The van der Waals surface area contributed by atoms with E-state index in [1.54, 1.807) is 52.8 Å². The number of ketones is 1. The van der Waals surface area contributed by atoms with Crippen molar-refractivity contribution >= 4 is 34.6 Å². The molecule has 4 aromatic rings. The van der Waals surface area contributed by atoms with Gasteiger partial charge < -0.3 is 0 Å². The van der Waals surface area contributed by atoms with Gasteiger partial charge in [0.25, 0.3) is 0 Å². The summed E-state index contributed by atoms with van der Waals surface area (Å²) >= 11 is 12.2. The average Bonchev–Trinajstić information content (AvgIpc) is 3.18. The lowest BCUT2D eigenvalue weighted by Gasteiger charge is -2.06. The maximum atomic E-state index is 13.1. The Bertz CT molecular complexity index is 1160. The van der Waals surface area contributed by atoms with Crippen LogP contribution in [0.5, 0.6) is 0 Å². The predicted molar refractivity (Wildman–Crippen MR) is 99.8 cm³/mol. The van der Waals surface area contributed by atoms with E-state index in [9.17, 15) is 4.79 Å². The fourth-order valence-corrected chi connectivity index (χ4v) is 3.22. The van der Waals surface area contributed by atoms with Crippen LogP contribution in [0.15, 0.2) is 43.0 Å². The van der Waals surface area contributed by atoms with Crippen molar-refractivity contribution in [2.45, 2.75) is 6.92 Å². The van der Waals surface area contributed by atoms with E-state index in [-0.39, 0.29) is 5.78 Å². The Balaban J connectivity index is 1.90. The molecule has 1 aromatic carbocycles. The molecule has 0 radical (unpaired) electrons. The Hall–Kier alpha value is -2.70. The number of hydrogen-bond donors (Lipinski definition) is 0. The Labute approximate surface area is 159 Å². The Morgan fingerprint density at radius 1 is 1.15 bits per heavy atom. The van der Waals surface area contributed by atoms with Gasteiger partial charge in [-0.05, 0) is 25.1 Å². The van der Waals surface area contributed by atoms with Crippen LogP contribution in [0, 0.1) is 6.92 Å². The molecule has 0 aliphatic rings. The second-order valence-corrected chi connectivity index (χ2v) is 6.75. The molecule has 0 N–H and O–H groups in total. The van der Waals surface area contributed by atoms with Gasteiger partial charge in [0.05, 0.1) is 28.8 Å². The summed E-state index contributed by atoms with van der Waals surface area (Å²) in [5.41, 5.74) is 3.47. The van der Waals surface area contributed by atoms with Gasteiger partial charge in [0.15, 0.2) is 5.65 Å². The van der Waals surface area contributed by atoms with Crippen molar-refractivity contribution in [1.82, 2.24) is 24.1 Å². The molecule has 0 saturated carbocycles. The average molecular weight is 386 g/mol. The molecular formula is C18H13Cl2N5O. The maximum absolute atomic E-state index is 13.1. The summed E-state index contributed by atoms with van der Waals surface area (Å²) in [5, 5.41) is 4.95. The number of rotatable bonds is 3. The zero-order valence-electron chi connectivity index (χ0n) is 13.9. The van der Waals surface area contributed by atoms with Gasteiger partial charge in [-0.15, -0.1) is 0 Å². The number of carbonyl (C=O) groups is 1. The smallest absolute Gasteiger partial charge is 0.213 e. The first kappa shape index (κ1) is 16.8. The van der Waals surface area contributed by atoms with Gasteiger partial charge in [-0.2, -0.15) is 5.10 Å². The third-order valence-electron chi connectivity index (χ3n) is 4.07. The van der Waals surface area contributed by atoms with E-state index in [0.717, 1.165) is 5.56 Å². The van der Waals surface area contributed by atoms with Crippen LogP contribution < -0.4 is 0 Å². The lowest BCUT2D eigenvalue weighted by molar-refractivity contribution is 0.103. The molecular weight excluding hydrogens is 373 g/mol. The highest BCUT2D eigenvalue weighted by molar-refractivity contribution is 6.36. The number of aromatic nitrogens is 5. The summed E-state index contributed by atoms with van der Waals surface area (Å²) in [6.07, 6.45) is 6.98. The van der Waals surface area contributed by atoms with Gasteiger partial charge in [-0.3, -0.25) is 18.9 Å². The van der Waals surface area contributed by atoms with Gasteiger partial charge in [0, 0.05) is 35.6 Å². The van der Waals surface area contributed by atoms with Gasteiger partial charge in [-0.1, -0.05) is 23.2 Å². The molecule has 26 heavy (non-hydrogen) atoms. The highest BCUT2D eigenvalue weighted by Gasteiger charge is 2.21. The molecule has 0 spiro atoms. The Kier molecular flexibility index (Phi) is 4.01. The minimum absolute atomic E-state index is 0.245. The van der Waals surface area contributed by atoms with Crippen LogP contribution in [0.4, 0.5) is 0 Å². The minimum atomic E-state index is -0.245. The van der Waals surface area contributed by atoms with Crippen LogP contribution >= 0.6 is 23.2 Å². The molecule has 0 aliphatic carbocycles. The topological polar surface area (TPSA) is 65.1 Å². The zero-order valence-corrected chi connectivity index (χ0v) is 15.5. The van der Waals surface area contributed by atoms with Gasteiger partial charge in [0.1, 0.15) is 5.69 Å². The van der Waals surface area contributed by atoms with E-state index < -0.39 is 0 Å².